The second-order valence-electron chi connectivity index (χ2n) is 5.19. The molecular formula is C16H15N3OS. The number of nitrogens with zero attached hydrogens (tertiary/aromatic N) is 2. The number of benzene rings is 1. The third-order valence-corrected chi connectivity index (χ3v) is 4.55. The molecule has 2 N–H and O–H groups in total. The van der Waals surface area contributed by atoms with Crippen molar-refractivity contribution in [2.75, 3.05) is 11.9 Å². The van der Waals surface area contributed by atoms with Crippen LogP contribution < -0.4 is 5.32 Å². The zero-order chi connectivity index (χ0) is 14.2. The Morgan fingerprint density at radius 1 is 1.24 bits per heavy atom. The molecule has 0 saturated carbocycles. The van der Waals surface area contributed by atoms with Gasteiger partial charge in [-0.1, -0.05) is 0 Å². The maximum atomic E-state index is 9.40. The molecule has 1 unspecified atom stereocenters. The van der Waals surface area contributed by atoms with Crippen LogP contribution in [0.3, 0.4) is 0 Å². The fourth-order valence-electron chi connectivity index (χ4n) is 2.77. The molecule has 1 atom stereocenters. The minimum Gasteiger partial charge on any atom is -0.508 e. The minimum atomic E-state index is 0.275. The van der Waals surface area contributed by atoms with E-state index in [-0.39, 0.29) is 5.75 Å². The summed E-state index contributed by atoms with van der Waals surface area (Å²) in [4.78, 5) is 0. The van der Waals surface area contributed by atoms with Crippen molar-refractivity contribution in [3.05, 3.63) is 52.7 Å². The lowest BCUT2D eigenvalue weighted by Gasteiger charge is -2.25. The molecule has 2 aromatic heterocycles. The molecule has 0 aliphatic carbocycles. The first-order valence-electron chi connectivity index (χ1n) is 6.96. The summed E-state index contributed by atoms with van der Waals surface area (Å²) in [6, 6.07) is 11.7. The van der Waals surface area contributed by atoms with Crippen molar-refractivity contribution in [3.8, 4) is 17.0 Å². The van der Waals surface area contributed by atoms with Crippen molar-refractivity contribution in [1.82, 2.24) is 9.78 Å². The van der Waals surface area contributed by atoms with E-state index in [9.17, 15) is 5.11 Å². The second-order valence-corrected chi connectivity index (χ2v) is 5.97. The number of hydrogen-bond donors (Lipinski definition) is 2. The lowest BCUT2D eigenvalue weighted by atomic mass is 10.1. The largest absolute Gasteiger partial charge is 0.508 e. The highest BCUT2D eigenvalue weighted by Gasteiger charge is 2.23. The Labute approximate surface area is 126 Å². The van der Waals surface area contributed by atoms with Crippen LogP contribution in [-0.2, 0) is 0 Å². The van der Waals surface area contributed by atoms with Gasteiger partial charge in [-0.2, -0.15) is 16.4 Å². The van der Waals surface area contributed by atoms with E-state index in [1.165, 1.54) is 5.56 Å². The van der Waals surface area contributed by atoms with E-state index in [0.29, 0.717) is 6.04 Å². The number of hydrogen-bond acceptors (Lipinski definition) is 4. The van der Waals surface area contributed by atoms with Crippen LogP contribution in [0.5, 0.6) is 5.75 Å². The first-order chi connectivity index (χ1) is 10.3. The van der Waals surface area contributed by atoms with Crippen molar-refractivity contribution in [1.29, 1.82) is 0 Å². The first kappa shape index (κ1) is 12.5. The summed E-state index contributed by atoms with van der Waals surface area (Å²) >= 11 is 1.72. The number of rotatable bonds is 2. The smallest absolute Gasteiger partial charge is 0.125 e. The Morgan fingerprint density at radius 3 is 2.86 bits per heavy atom. The minimum absolute atomic E-state index is 0.275. The summed E-state index contributed by atoms with van der Waals surface area (Å²) in [7, 11) is 0. The summed E-state index contributed by atoms with van der Waals surface area (Å²) in [6.07, 6.45) is 1.04. The van der Waals surface area contributed by atoms with Crippen molar-refractivity contribution < 1.29 is 5.11 Å². The molecule has 0 saturated heterocycles. The third-order valence-electron chi connectivity index (χ3n) is 3.85. The van der Waals surface area contributed by atoms with Crippen molar-refractivity contribution in [2.24, 2.45) is 0 Å². The van der Waals surface area contributed by atoms with Gasteiger partial charge < -0.3 is 10.4 Å². The quantitative estimate of drug-likeness (QED) is 0.758. The van der Waals surface area contributed by atoms with Gasteiger partial charge in [0.05, 0.1) is 11.7 Å². The molecule has 1 aliphatic rings. The molecule has 4 nitrogen and oxygen atoms in total. The molecule has 0 amide bonds. The van der Waals surface area contributed by atoms with Crippen LogP contribution in [-0.4, -0.2) is 21.4 Å². The number of thiophene rings is 1. The number of phenols is 1. The van der Waals surface area contributed by atoms with E-state index in [1.54, 1.807) is 23.5 Å². The van der Waals surface area contributed by atoms with Gasteiger partial charge >= 0.3 is 0 Å². The zero-order valence-electron chi connectivity index (χ0n) is 11.4. The Hall–Kier alpha value is -2.27. The van der Waals surface area contributed by atoms with E-state index in [0.717, 1.165) is 30.0 Å². The van der Waals surface area contributed by atoms with E-state index in [1.807, 2.05) is 12.1 Å². The predicted molar refractivity (Wildman–Crippen MR) is 84.9 cm³/mol. The molecule has 0 radical (unpaired) electrons. The van der Waals surface area contributed by atoms with Crippen LogP contribution in [0.2, 0.25) is 0 Å². The van der Waals surface area contributed by atoms with Gasteiger partial charge in [0, 0.05) is 18.2 Å². The Bertz CT molecular complexity index is 746. The van der Waals surface area contributed by atoms with Gasteiger partial charge in [-0.15, -0.1) is 0 Å². The Kier molecular flexibility index (Phi) is 2.93. The monoisotopic (exact) mass is 297 g/mol. The molecule has 21 heavy (non-hydrogen) atoms. The molecule has 0 bridgehead atoms. The predicted octanol–water partition coefficient (Wildman–Crippen LogP) is 3.72. The van der Waals surface area contributed by atoms with Gasteiger partial charge in [-0.05, 0) is 53.1 Å². The molecule has 0 spiro atoms. The second kappa shape index (κ2) is 4.93. The summed E-state index contributed by atoms with van der Waals surface area (Å²) in [5.74, 6) is 1.33. The molecule has 4 rings (SSSR count). The van der Waals surface area contributed by atoms with Gasteiger partial charge in [-0.3, -0.25) is 0 Å². The Morgan fingerprint density at radius 2 is 2.10 bits per heavy atom. The molecule has 3 aromatic rings. The number of aromatic hydroxyl groups is 1. The highest BCUT2D eigenvalue weighted by Crippen LogP contribution is 2.33. The van der Waals surface area contributed by atoms with Gasteiger partial charge in [0.15, 0.2) is 0 Å². The molecule has 3 heterocycles. The molecular weight excluding hydrogens is 282 g/mol. The van der Waals surface area contributed by atoms with Gasteiger partial charge in [0.2, 0.25) is 0 Å². The SMILES string of the molecule is Oc1ccc(-c2cc3n(n2)C(c2ccsc2)CCN3)cc1. The fourth-order valence-corrected chi connectivity index (χ4v) is 3.48. The van der Waals surface area contributed by atoms with Crippen LogP contribution in [0.15, 0.2) is 47.2 Å². The Balaban J connectivity index is 1.75. The topological polar surface area (TPSA) is 50.1 Å². The molecule has 106 valence electrons. The van der Waals surface area contributed by atoms with Crippen LogP contribution >= 0.6 is 11.3 Å². The molecule has 0 fully saturated rings. The maximum Gasteiger partial charge on any atom is 0.125 e. The zero-order valence-corrected chi connectivity index (χ0v) is 12.2. The lowest BCUT2D eigenvalue weighted by Crippen LogP contribution is -2.23. The summed E-state index contributed by atoms with van der Waals surface area (Å²) < 4.78 is 2.08. The summed E-state index contributed by atoms with van der Waals surface area (Å²) in [5, 5.41) is 21.9. The molecule has 5 heteroatoms. The van der Waals surface area contributed by atoms with E-state index in [4.69, 9.17) is 5.10 Å². The normalized spacial score (nSPS) is 17.2. The number of phenolic OH excluding ortho intramolecular Hbond substituents is 1. The van der Waals surface area contributed by atoms with Gasteiger partial charge in [0.1, 0.15) is 11.6 Å². The van der Waals surface area contributed by atoms with Crippen LogP contribution in [0.25, 0.3) is 11.3 Å². The highest BCUT2D eigenvalue weighted by atomic mass is 32.1. The van der Waals surface area contributed by atoms with Gasteiger partial charge in [-0.25, -0.2) is 4.68 Å². The van der Waals surface area contributed by atoms with Crippen molar-refractivity contribution in [2.45, 2.75) is 12.5 Å². The van der Waals surface area contributed by atoms with Crippen LogP contribution in [0.4, 0.5) is 5.82 Å². The number of aromatic nitrogens is 2. The summed E-state index contributed by atoms with van der Waals surface area (Å²) in [5.41, 5.74) is 3.27. The standard InChI is InChI=1S/C16H15N3OS/c20-13-3-1-11(2-4-13)14-9-16-17-7-5-15(19(16)18-14)12-6-8-21-10-12/h1-4,6,8-10,15,17,20H,5,7H2. The number of nitrogens with one attached hydrogen (secondary N) is 1. The molecule has 1 aliphatic heterocycles. The van der Waals surface area contributed by atoms with E-state index < -0.39 is 0 Å². The van der Waals surface area contributed by atoms with Crippen molar-refractivity contribution >= 4 is 17.2 Å². The number of anilines is 1. The van der Waals surface area contributed by atoms with Crippen LogP contribution in [0.1, 0.15) is 18.0 Å². The lowest BCUT2D eigenvalue weighted by molar-refractivity contribution is 0.475. The van der Waals surface area contributed by atoms with E-state index in [2.05, 4.69) is 32.9 Å². The average Bonchev–Trinajstić information content (AvgIpc) is 3.17. The summed E-state index contributed by atoms with van der Waals surface area (Å²) in [6.45, 7) is 0.960. The van der Waals surface area contributed by atoms with E-state index >= 15 is 0 Å². The average molecular weight is 297 g/mol. The fraction of sp³-hybridized carbons (Fsp3) is 0.188. The highest BCUT2D eigenvalue weighted by molar-refractivity contribution is 7.07. The van der Waals surface area contributed by atoms with Crippen molar-refractivity contribution in [3.63, 3.8) is 0 Å². The maximum absolute atomic E-state index is 9.40. The third kappa shape index (κ3) is 2.19. The number of fused-ring (bicyclic) bond motifs is 1. The molecule has 1 aromatic carbocycles. The van der Waals surface area contributed by atoms with Gasteiger partial charge in [0.25, 0.3) is 0 Å². The first-order valence-corrected chi connectivity index (χ1v) is 7.90. The van der Waals surface area contributed by atoms with Crippen LogP contribution in [0, 0.1) is 0 Å².